The van der Waals surface area contributed by atoms with Crippen molar-refractivity contribution in [2.24, 2.45) is 5.84 Å². The summed E-state index contributed by atoms with van der Waals surface area (Å²) in [7, 11) is 0. The smallest absolute Gasteiger partial charge is 0.134 e. The molecule has 0 spiro atoms. The summed E-state index contributed by atoms with van der Waals surface area (Å²) in [5, 5.41) is 0.734. The molecule has 0 saturated carbocycles. The third-order valence-corrected chi connectivity index (χ3v) is 4.20. The van der Waals surface area contributed by atoms with Gasteiger partial charge in [0.25, 0.3) is 0 Å². The van der Waals surface area contributed by atoms with Crippen molar-refractivity contribution < 1.29 is 8.81 Å². The number of benzene rings is 2. The normalized spacial score (nSPS) is 12.7. The molecule has 1 atom stereocenters. The lowest BCUT2D eigenvalue weighted by Crippen LogP contribution is -2.29. The highest BCUT2D eigenvalue weighted by atomic mass is 79.9. The first-order chi connectivity index (χ1) is 10.2. The molecule has 3 aromatic rings. The molecule has 21 heavy (non-hydrogen) atoms. The molecule has 3 N–H and O–H groups in total. The summed E-state index contributed by atoms with van der Waals surface area (Å²) >= 11 is 3.52. The molecule has 1 unspecified atom stereocenters. The van der Waals surface area contributed by atoms with Crippen molar-refractivity contribution in [3.8, 4) is 0 Å². The zero-order valence-corrected chi connectivity index (χ0v) is 12.7. The fourth-order valence-corrected chi connectivity index (χ4v) is 2.78. The first kappa shape index (κ1) is 14.3. The van der Waals surface area contributed by atoms with E-state index in [1.807, 2.05) is 30.3 Å². The van der Waals surface area contributed by atoms with Crippen LogP contribution in [0.5, 0.6) is 0 Å². The third-order valence-electron chi connectivity index (χ3n) is 3.42. The molecular formula is C16H14BrFN2O. The van der Waals surface area contributed by atoms with Crippen LogP contribution in [0.4, 0.5) is 4.39 Å². The van der Waals surface area contributed by atoms with Crippen molar-refractivity contribution in [3.05, 3.63) is 70.1 Å². The van der Waals surface area contributed by atoms with Gasteiger partial charge in [0.15, 0.2) is 0 Å². The number of hydrogen-bond donors (Lipinski definition) is 2. The first-order valence-corrected chi connectivity index (χ1v) is 7.35. The molecule has 0 aliphatic carbocycles. The number of fused-ring (bicyclic) bond motifs is 1. The Morgan fingerprint density at radius 2 is 2.00 bits per heavy atom. The standard InChI is InChI=1S/C16H14BrFN2O/c17-13-4-2-1-3-10(13)8-14(20-19)16-9-11-7-12(18)5-6-15(11)21-16/h1-7,9,14,20H,8,19H2. The number of nitrogens with two attached hydrogens (primary N) is 1. The molecule has 2 aromatic carbocycles. The van der Waals surface area contributed by atoms with Crippen molar-refractivity contribution in [3.63, 3.8) is 0 Å². The molecule has 0 amide bonds. The summed E-state index contributed by atoms with van der Waals surface area (Å²) in [5.41, 5.74) is 4.53. The second-order valence-corrected chi connectivity index (χ2v) is 5.70. The van der Waals surface area contributed by atoms with Gasteiger partial charge in [0.2, 0.25) is 0 Å². The molecule has 1 heterocycles. The molecule has 0 saturated heterocycles. The van der Waals surface area contributed by atoms with Gasteiger partial charge in [-0.3, -0.25) is 5.84 Å². The van der Waals surface area contributed by atoms with Crippen molar-refractivity contribution in [1.82, 2.24) is 5.43 Å². The average Bonchev–Trinajstić information content (AvgIpc) is 2.89. The molecule has 5 heteroatoms. The second kappa shape index (κ2) is 5.97. The molecule has 0 aliphatic heterocycles. The lowest BCUT2D eigenvalue weighted by molar-refractivity contribution is 0.434. The van der Waals surface area contributed by atoms with Gasteiger partial charge < -0.3 is 4.42 Å². The van der Waals surface area contributed by atoms with E-state index in [-0.39, 0.29) is 11.9 Å². The summed E-state index contributed by atoms with van der Waals surface area (Å²) in [5.74, 6) is 6.06. The number of halogens is 2. The van der Waals surface area contributed by atoms with E-state index in [1.165, 1.54) is 12.1 Å². The highest BCUT2D eigenvalue weighted by Gasteiger charge is 2.17. The van der Waals surface area contributed by atoms with Crippen molar-refractivity contribution >= 4 is 26.9 Å². The fraction of sp³-hybridized carbons (Fsp3) is 0.125. The Morgan fingerprint density at radius 1 is 1.19 bits per heavy atom. The lowest BCUT2D eigenvalue weighted by atomic mass is 10.0. The summed E-state index contributed by atoms with van der Waals surface area (Å²) in [6, 6.07) is 14.0. The number of hydrogen-bond acceptors (Lipinski definition) is 3. The van der Waals surface area contributed by atoms with Crippen LogP contribution < -0.4 is 11.3 Å². The van der Waals surface area contributed by atoms with Gasteiger partial charge in [0, 0.05) is 9.86 Å². The summed E-state index contributed by atoms with van der Waals surface area (Å²) in [4.78, 5) is 0. The van der Waals surface area contributed by atoms with Gasteiger partial charge in [-0.2, -0.15) is 0 Å². The third kappa shape index (κ3) is 3.00. The first-order valence-electron chi connectivity index (χ1n) is 6.56. The van der Waals surface area contributed by atoms with E-state index in [0.29, 0.717) is 17.8 Å². The zero-order valence-electron chi connectivity index (χ0n) is 11.1. The number of nitrogens with one attached hydrogen (secondary N) is 1. The van der Waals surface area contributed by atoms with E-state index in [1.54, 1.807) is 6.07 Å². The highest BCUT2D eigenvalue weighted by Crippen LogP contribution is 2.28. The molecule has 0 aliphatic rings. The predicted molar refractivity (Wildman–Crippen MR) is 84.1 cm³/mol. The molecule has 0 fully saturated rings. The van der Waals surface area contributed by atoms with Crippen LogP contribution >= 0.6 is 15.9 Å². The van der Waals surface area contributed by atoms with Crippen LogP contribution in [0, 0.1) is 5.82 Å². The maximum Gasteiger partial charge on any atom is 0.134 e. The molecule has 3 nitrogen and oxygen atoms in total. The monoisotopic (exact) mass is 348 g/mol. The fourth-order valence-electron chi connectivity index (χ4n) is 2.33. The minimum atomic E-state index is -0.280. The molecule has 1 aromatic heterocycles. The van der Waals surface area contributed by atoms with Crippen LogP contribution in [0.1, 0.15) is 17.4 Å². The SMILES string of the molecule is NNC(Cc1ccccc1Br)c1cc2cc(F)ccc2o1. The molecule has 0 bridgehead atoms. The highest BCUT2D eigenvalue weighted by molar-refractivity contribution is 9.10. The minimum absolute atomic E-state index is 0.181. The van der Waals surface area contributed by atoms with E-state index in [9.17, 15) is 4.39 Å². The van der Waals surface area contributed by atoms with Crippen LogP contribution in [0.15, 0.2) is 57.4 Å². The quantitative estimate of drug-likeness (QED) is 0.551. The lowest BCUT2D eigenvalue weighted by Gasteiger charge is -2.14. The Labute approximate surface area is 130 Å². The van der Waals surface area contributed by atoms with Gasteiger partial charge in [-0.15, -0.1) is 0 Å². The van der Waals surface area contributed by atoms with Gasteiger partial charge in [-0.1, -0.05) is 34.1 Å². The number of hydrazine groups is 1. The van der Waals surface area contributed by atoms with Crippen molar-refractivity contribution in [2.75, 3.05) is 0 Å². The Balaban J connectivity index is 1.93. The van der Waals surface area contributed by atoms with Gasteiger partial charge >= 0.3 is 0 Å². The molecule has 0 radical (unpaired) electrons. The van der Waals surface area contributed by atoms with Gasteiger partial charge in [-0.25, -0.2) is 9.82 Å². The van der Waals surface area contributed by atoms with Crippen molar-refractivity contribution in [2.45, 2.75) is 12.5 Å². The molecule has 3 rings (SSSR count). The Hall–Kier alpha value is -1.69. The predicted octanol–water partition coefficient (Wildman–Crippen LogP) is 4.08. The summed E-state index contributed by atoms with van der Waals surface area (Å²) in [6.45, 7) is 0. The molecular weight excluding hydrogens is 335 g/mol. The van der Waals surface area contributed by atoms with Crippen molar-refractivity contribution in [1.29, 1.82) is 0 Å². The summed E-state index contributed by atoms with van der Waals surface area (Å²) < 4.78 is 20.0. The minimum Gasteiger partial charge on any atom is -0.459 e. The van der Waals surface area contributed by atoms with E-state index < -0.39 is 0 Å². The zero-order chi connectivity index (χ0) is 14.8. The maximum atomic E-state index is 13.2. The Bertz CT molecular complexity index is 772. The van der Waals surface area contributed by atoms with Gasteiger partial charge in [0.05, 0.1) is 6.04 Å². The number of rotatable bonds is 4. The van der Waals surface area contributed by atoms with E-state index in [0.717, 1.165) is 15.4 Å². The van der Waals surface area contributed by atoms with Gasteiger partial charge in [-0.05, 0) is 42.3 Å². The van der Waals surface area contributed by atoms with E-state index in [4.69, 9.17) is 10.3 Å². The number of furan rings is 1. The van der Waals surface area contributed by atoms with E-state index >= 15 is 0 Å². The topological polar surface area (TPSA) is 51.2 Å². The van der Waals surface area contributed by atoms with Crippen LogP contribution in [0.3, 0.4) is 0 Å². The molecule has 108 valence electrons. The Morgan fingerprint density at radius 3 is 2.76 bits per heavy atom. The van der Waals surface area contributed by atoms with Crippen LogP contribution in [-0.2, 0) is 6.42 Å². The van der Waals surface area contributed by atoms with Crippen LogP contribution in [0.25, 0.3) is 11.0 Å². The van der Waals surface area contributed by atoms with Crippen LogP contribution in [-0.4, -0.2) is 0 Å². The summed E-state index contributed by atoms with van der Waals surface area (Å²) in [6.07, 6.45) is 0.667. The Kier molecular flexibility index (Phi) is 4.05. The van der Waals surface area contributed by atoms with Gasteiger partial charge in [0.1, 0.15) is 17.2 Å². The van der Waals surface area contributed by atoms with Crippen LogP contribution in [0.2, 0.25) is 0 Å². The van der Waals surface area contributed by atoms with E-state index in [2.05, 4.69) is 21.4 Å². The second-order valence-electron chi connectivity index (χ2n) is 4.85. The maximum absolute atomic E-state index is 13.2. The average molecular weight is 349 g/mol. The largest absolute Gasteiger partial charge is 0.459 e.